The number of halogens is 1. The van der Waals surface area contributed by atoms with Crippen molar-refractivity contribution in [1.29, 1.82) is 0 Å². The smallest absolute Gasteiger partial charge is 0.333 e. The average molecular weight is 487 g/mol. The van der Waals surface area contributed by atoms with Crippen molar-refractivity contribution in [3.63, 3.8) is 0 Å². The van der Waals surface area contributed by atoms with Crippen LogP contribution in [0.15, 0.2) is 77.7 Å². The minimum absolute atomic E-state index is 0.0796. The van der Waals surface area contributed by atoms with Gasteiger partial charge in [0.15, 0.2) is 16.2 Å². The van der Waals surface area contributed by atoms with E-state index in [4.69, 9.17) is 11.6 Å². The first-order valence-electron chi connectivity index (χ1n) is 9.86. The number of anilines is 1. The van der Waals surface area contributed by atoms with Gasteiger partial charge in [-0.1, -0.05) is 54.1 Å². The molecule has 0 saturated heterocycles. The molecule has 10 heteroatoms. The molecule has 8 nitrogen and oxygen atoms in total. The molecule has 1 aliphatic heterocycles. The molecule has 2 aliphatic rings. The quantitative estimate of drug-likeness (QED) is 0.595. The van der Waals surface area contributed by atoms with Crippen molar-refractivity contribution in [1.82, 2.24) is 5.32 Å². The highest BCUT2D eigenvalue weighted by Gasteiger charge is 2.45. The second-order valence-corrected chi connectivity index (χ2v) is 9.79. The Kier molecular flexibility index (Phi) is 5.77. The molecule has 1 heterocycles. The number of aliphatic carboxylic acids is 1. The number of para-hydroxylation sites is 1. The topological polar surface area (TPSA) is 124 Å². The monoisotopic (exact) mass is 486 g/mol. The zero-order valence-electron chi connectivity index (χ0n) is 17.1. The van der Waals surface area contributed by atoms with Crippen molar-refractivity contribution in [3.05, 3.63) is 93.9 Å². The average Bonchev–Trinajstić information content (AvgIpc) is 2.78. The summed E-state index contributed by atoms with van der Waals surface area (Å²) in [5, 5.41) is 23.3. The van der Waals surface area contributed by atoms with Gasteiger partial charge in [0.1, 0.15) is 0 Å². The number of sulfonamides is 1. The predicted octanol–water partition coefficient (Wildman–Crippen LogP) is 3.37. The lowest BCUT2D eigenvalue weighted by Crippen LogP contribution is -2.55. The molecule has 1 unspecified atom stereocenters. The SMILES string of the molecule is O=C(NC1(C(=O)O)C=CC=CC1)C1=C(O)c2ccccc2N(Cc2ccc(Cl)cc2)S1(=O)=O. The molecule has 0 radical (unpaired) electrons. The van der Waals surface area contributed by atoms with Gasteiger partial charge in [-0.2, -0.15) is 0 Å². The Bertz CT molecular complexity index is 1330. The van der Waals surface area contributed by atoms with Crippen molar-refractivity contribution in [2.24, 2.45) is 0 Å². The van der Waals surface area contributed by atoms with Gasteiger partial charge in [-0.05, 0) is 35.9 Å². The van der Waals surface area contributed by atoms with E-state index in [9.17, 15) is 28.2 Å². The van der Waals surface area contributed by atoms with E-state index in [2.05, 4.69) is 5.32 Å². The van der Waals surface area contributed by atoms with E-state index in [1.54, 1.807) is 48.6 Å². The van der Waals surface area contributed by atoms with Crippen LogP contribution >= 0.6 is 11.6 Å². The molecule has 2 aromatic rings. The first-order chi connectivity index (χ1) is 15.7. The Morgan fingerprint density at radius 2 is 1.79 bits per heavy atom. The summed E-state index contributed by atoms with van der Waals surface area (Å²) < 4.78 is 28.1. The zero-order chi connectivity index (χ0) is 23.8. The maximum Gasteiger partial charge on any atom is 0.333 e. The van der Waals surface area contributed by atoms with Crippen LogP contribution in [0.2, 0.25) is 5.02 Å². The minimum Gasteiger partial charge on any atom is -0.506 e. The minimum atomic E-state index is -4.55. The van der Waals surface area contributed by atoms with E-state index in [0.717, 1.165) is 4.31 Å². The first kappa shape index (κ1) is 22.6. The van der Waals surface area contributed by atoms with Crippen molar-refractivity contribution < 1.29 is 28.2 Å². The van der Waals surface area contributed by atoms with Crippen LogP contribution in [0.3, 0.4) is 0 Å². The highest BCUT2D eigenvalue weighted by Crippen LogP contribution is 2.39. The lowest BCUT2D eigenvalue weighted by molar-refractivity contribution is -0.144. The molecule has 33 heavy (non-hydrogen) atoms. The first-order valence-corrected chi connectivity index (χ1v) is 11.7. The standard InChI is InChI=1S/C23H19ClN2O6S/c24-16-10-8-15(9-11-16)14-26-18-7-3-2-6-17(18)19(27)20(33(26,31)32)21(28)25-23(22(29)30)12-4-1-5-13-23/h1-12,27H,13-14H2,(H,25,28)(H,29,30). The molecule has 0 fully saturated rings. The molecule has 4 rings (SSSR count). The Labute approximate surface area is 195 Å². The number of carbonyl (C=O) groups is 2. The Hall–Kier alpha value is -3.56. The normalized spacial score (nSPS) is 20.9. The van der Waals surface area contributed by atoms with E-state index in [1.165, 1.54) is 24.3 Å². The van der Waals surface area contributed by atoms with Gasteiger partial charge in [0.2, 0.25) is 0 Å². The molecule has 0 saturated carbocycles. The van der Waals surface area contributed by atoms with Crippen LogP contribution in [-0.4, -0.2) is 36.0 Å². The number of aliphatic hydroxyl groups excluding tert-OH is 1. The molecule has 0 bridgehead atoms. The third kappa shape index (κ3) is 4.01. The zero-order valence-corrected chi connectivity index (χ0v) is 18.7. The van der Waals surface area contributed by atoms with Crippen molar-refractivity contribution >= 4 is 44.9 Å². The Morgan fingerprint density at radius 3 is 2.42 bits per heavy atom. The summed E-state index contributed by atoms with van der Waals surface area (Å²) in [5.41, 5.74) is -0.918. The Morgan fingerprint density at radius 1 is 1.09 bits per heavy atom. The van der Waals surface area contributed by atoms with Gasteiger partial charge in [-0.15, -0.1) is 0 Å². The van der Waals surface area contributed by atoms with E-state index >= 15 is 0 Å². The molecular formula is C23H19ClN2O6S. The van der Waals surface area contributed by atoms with Crippen molar-refractivity contribution in [3.8, 4) is 0 Å². The summed E-state index contributed by atoms with van der Waals surface area (Å²) >= 11 is 5.92. The third-order valence-corrected chi connectivity index (χ3v) is 7.48. The van der Waals surface area contributed by atoms with Gasteiger partial charge in [0, 0.05) is 17.0 Å². The summed E-state index contributed by atoms with van der Waals surface area (Å²) in [5.74, 6) is -3.32. The van der Waals surface area contributed by atoms with E-state index in [0.29, 0.717) is 10.6 Å². The lowest BCUT2D eigenvalue weighted by Gasteiger charge is -2.33. The summed E-state index contributed by atoms with van der Waals surface area (Å²) in [6.07, 6.45) is 5.79. The van der Waals surface area contributed by atoms with E-state index in [1.807, 2.05) is 0 Å². The number of nitrogens with one attached hydrogen (secondary N) is 1. The number of hydrogen-bond donors (Lipinski definition) is 3. The van der Waals surface area contributed by atoms with E-state index in [-0.39, 0.29) is 24.2 Å². The number of carboxylic acids is 1. The molecule has 170 valence electrons. The Balaban J connectivity index is 1.79. The fraction of sp³-hybridized carbons (Fsp3) is 0.130. The molecule has 1 amide bonds. The molecule has 2 aromatic carbocycles. The van der Waals surface area contributed by atoms with Crippen molar-refractivity contribution in [2.75, 3.05) is 4.31 Å². The predicted molar refractivity (Wildman–Crippen MR) is 124 cm³/mol. The van der Waals surface area contributed by atoms with Gasteiger partial charge >= 0.3 is 5.97 Å². The van der Waals surface area contributed by atoms with Crippen LogP contribution in [-0.2, 0) is 26.2 Å². The molecule has 1 atom stereocenters. The molecule has 1 aliphatic carbocycles. The van der Waals surface area contributed by atoms with Gasteiger partial charge < -0.3 is 15.5 Å². The van der Waals surface area contributed by atoms with E-state index < -0.39 is 38.1 Å². The molecular weight excluding hydrogens is 468 g/mol. The van der Waals surface area contributed by atoms with Crippen molar-refractivity contribution in [2.45, 2.75) is 18.5 Å². The fourth-order valence-corrected chi connectivity index (χ4v) is 5.43. The summed E-state index contributed by atoms with van der Waals surface area (Å²) in [4.78, 5) is 24.2. The van der Waals surface area contributed by atoms with Gasteiger partial charge in [0.05, 0.1) is 12.2 Å². The largest absolute Gasteiger partial charge is 0.506 e. The number of nitrogens with zero attached hydrogens (tertiary/aromatic N) is 1. The van der Waals surface area contributed by atoms with Crippen LogP contribution in [0.1, 0.15) is 17.5 Å². The van der Waals surface area contributed by atoms with Crippen LogP contribution in [0.4, 0.5) is 5.69 Å². The maximum absolute atomic E-state index is 13.6. The molecule has 0 aromatic heterocycles. The number of allylic oxidation sites excluding steroid dienone is 2. The number of amides is 1. The van der Waals surface area contributed by atoms with Crippen LogP contribution in [0.25, 0.3) is 5.76 Å². The molecule has 0 spiro atoms. The number of fused-ring (bicyclic) bond motifs is 1. The number of hydrogen-bond acceptors (Lipinski definition) is 5. The maximum atomic E-state index is 13.6. The van der Waals surface area contributed by atoms with Gasteiger partial charge in [-0.25, -0.2) is 13.2 Å². The number of carbonyl (C=O) groups excluding carboxylic acids is 1. The second-order valence-electron chi connectivity index (χ2n) is 7.56. The summed E-state index contributed by atoms with van der Waals surface area (Å²) in [6, 6.07) is 12.7. The lowest BCUT2D eigenvalue weighted by atomic mass is 9.91. The summed E-state index contributed by atoms with van der Waals surface area (Å²) in [6.45, 7) is -0.132. The highest BCUT2D eigenvalue weighted by atomic mass is 35.5. The highest BCUT2D eigenvalue weighted by molar-refractivity contribution is 7.97. The number of aliphatic hydroxyl groups is 1. The van der Waals surface area contributed by atoms with Crippen LogP contribution in [0.5, 0.6) is 0 Å². The second kappa shape index (κ2) is 8.42. The van der Waals surface area contributed by atoms with Crippen LogP contribution in [0, 0.1) is 0 Å². The van der Waals surface area contributed by atoms with Gasteiger partial charge in [0.25, 0.3) is 15.9 Å². The third-order valence-electron chi connectivity index (χ3n) is 5.42. The summed E-state index contributed by atoms with van der Waals surface area (Å²) in [7, 11) is -4.55. The number of rotatable bonds is 5. The number of benzene rings is 2. The van der Waals surface area contributed by atoms with Crippen LogP contribution < -0.4 is 9.62 Å². The molecule has 3 N–H and O–H groups in total. The fourth-order valence-electron chi connectivity index (χ4n) is 3.71. The number of carboxylic acid groups (broad SMARTS) is 1. The van der Waals surface area contributed by atoms with Gasteiger partial charge in [-0.3, -0.25) is 9.10 Å².